The number of nitrogens with zero attached hydrogens (tertiary/aromatic N) is 5. The number of ether oxygens (including phenoxy) is 1. The first-order valence-corrected chi connectivity index (χ1v) is 7.90. The molecule has 3 heterocycles. The Hall–Kier alpha value is -2.20. The number of nitriles is 1. The molecule has 7 nitrogen and oxygen atoms in total. The van der Waals surface area contributed by atoms with Crippen LogP contribution in [0.1, 0.15) is 18.9 Å². The Morgan fingerprint density at radius 3 is 3.22 bits per heavy atom. The topological polar surface area (TPSA) is 82.3 Å². The number of carbonyl (C=O) groups is 1. The molecule has 2 fully saturated rings. The average molecular weight is 315 g/mol. The van der Waals surface area contributed by atoms with E-state index >= 15 is 0 Å². The van der Waals surface area contributed by atoms with Gasteiger partial charge in [-0.25, -0.2) is 9.97 Å². The van der Waals surface area contributed by atoms with Gasteiger partial charge in [-0.2, -0.15) is 5.26 Å². The Labute approximate surface area is 135 Å². The number of anilines is 1. The van der Waals surface area contributed by atoms with Crippen molar-refractivity contribution in [3.8, 4) is 6.07 Å². The van der Waals surface area contributed by atoms with Crippen molar-refractivity contribution in [1.82, 2.24) is 14.9 Å². The zero-order valence-corrected chi connectivity index (χ0v) is 13.5. The largest absolute Gasteiger partial charge is 0.381 e. The molecule has 1 amide bonds. The van der Waals surface area contributed by atoms with E-state index in [0.29, 0.717) is 50.7 Å². The Morgan fingerprint density at radius 1 is 1.65 bits per heavy atom. The highest BCUT2D eigenvalue weighted by molar-refractivity contribution is 5.85. The van der Waals surface area contributed by atoms with Gasteiger partial charge in [-0.05, 0) is 13.3 Å². The van der Waals surface area contributed by atoms with Crippen molar-refractivity contribution in [2.45, 2.75) is 13.3 Å². The van der Waals surface area contributed by atoms with Crippen LogP contribution < -0.4 is 4.90 Å². The molecule has 0 spiro atoms. The van der Waals surface area contributed by atoms with Crippen LogP contribution in [-0.2, 0) is 9.53 Å². The van der Waals surface area contributed by atoms with Crippen LogP contribution in [0.3, 0.4) is 0 Å². The van der Waals surface area contributed by atoms with Gasteiger partial charge in [0.2, 0.25) is 5.91 Å². The molecule has 0 aromatic carbocycles. The van der Waals surface area contributed by atoms with E-state index in [1.165, 1.54) is 12.5 Å². The van der Waals surface area contributed by atoms with Gasteiger partial charge in [0.05, 0.1) is 18.2 Å². The molecule has 23 heavy (non-hydrogen) atoms. The summed E-state index contributed by atoms with van der Waals surface area (Å²) in [7, 11) is 1.84. The highest BCUT2D eigenvalue weighted by Gasteiger charge is 2.54. The van der Waals surface area contributed by atoms with Gasteiger partial charge in [0.1, 0.15) is 23.8 Å². The third kappa shape index (κ3) is 2.53. The van der Waals surface area contributed by atoms with Gasteiger partial charge in [0, 0.05) is 39.2 Å². The van der Waals surface area contributed by atoms with Crippen molar-refractivity contribution < 1.29 is 9.53 Å². The molecule has 0 saturated carbocycles. The summed E-state index contributed by atoms with van der Waals surface area (Å²) in [6.07, 6.45) is 3.68. The van der Waals surface area contributed by atoms with Gasteiger partial charge in [0.15, 0.2) is 0 Å². The molecule has 0 N–H and O–H groups in total. The minimum atomic E-state index is -0.444. The van der Waals surface area contributed by atoms with Crippen LogP contribution in [0.5, 0.6) is 0 Å². The zero-order valence-electron chi connectivity index (χ0n) is 13.5. The van der Waals surface area contributed by atoms with Crippen molar-refractivity contribution >= 4 is 11.7 Å². The van der Waals surface area contributed by atoms with Gasteiger partial charge in [-0.3, -0.25) is 4.79 Å². The van der Waals surface area contributed by atoms with E-state index in [9.17, 15) is 10.1 Å². The second kappa shape index (κ2) is 6.13. The lowest BCUT2D eigenvalue weighted by molar-refractivity contribution is -0.148. The lowest BCUT2D eigenvalue weighted by Gasteiger charge is -2.39. The maximum atomic E-state index is 13.0. The maximum absolute atomic E-state index is 13.0. The number of hydrogen-bond acceptors (Lipinski definition) is 6. The first-order chi connectivity index (χ1) is 11.1. The zero-order chi connectivity index (χ0) is 16.4. The number of aromatic nitrogens is 2. The van der Waals surface area contributed by atoms with E-state index in [1.807, 2.05) is 18.9 Å². The molecular formula is C16H21N5O2. The molecule has 0 radical (unpaired) electrons. The van der Waals surface area contributed by atoms with Crippen molar-refractivity contribution in [2.75, 3.05) is 44.8 Å². The molecule has 2 saturated heterocycles. The molecule has 2 aliphatic rings. The van der Waals surface area contributed by atoms with Gasteiger partial charge < -0.3 is 14.5 Å². The highest BCUT2D eigenvalue weighted by atomic mass is 16.5. The van der Waals surface area contributed by atoms with Crippen LogP contribution in [-0.4, -0.2) is 60.7 Å². The first-order valence-electron chi connectivity index (χ1n) is 7.90. The quantitative estimate of drug-likeness (QED) is 0.815. The van der Waals surface area contributed by atoms with Crippen molar-refractivity contribution in [2.24, 2.45) is 11.3 Å². The summed E-state index contributed by atoms with van der Waals surface area (Å²) in [6.45, 7) is 5.10. The average Bonchev–Trinajstić information content (AvgIpc) is 3.00. The molecule has 0 aliphatic carbocycles. The van der Waals surface area contributed by atoms with Gasteiger partial charge in [0.25, 0.3) is 0 Å². The van der Waals surface area contributed by atoms with Gasteiger partial charge >= 0.3 is 0 Å². The highest BCUT2D eigenvalue weighted by Crippen LogP contribution is 2.44. The molecule has 0 bridgehead atoms. The second-order valence-corrected chi connectivity index (χ2v) is 6.25. The van der Waals surface area contributed by atoms with Crippen LogP contribution >= 0.6 is 0 Å². The van der Waals surface area contributed by atoms with Crippen LogP contribution in [0.2, 0.25) is 0 Å². The van der Waals surface area contributed by atoms with E-state index in [1.54, 1.807) is 4.90 Å². The molecule has 2 aliphatic heterocycles. The number of amides is 1. The molecule has 3 rings (SSSR count). The maximum Gasteiger partial charge on any atom is 0.230 e. The standard InChI is InChI=1S/C16H21N5O2/c1-3-20(2)15(22)16-4-5-23-9-13(16)8-21(10-16)14-12(6-17)7-18-11-19-14/h7,11,13H,3-5,8-10H2,1-2H3. The molecule has 1 aromatic heterocycles. The summed E-state index contributed by atoms with van der Waals surface area (Å²) in [6, 6.07) is 2.14. The minimum Gasteiger partial charge on any atom is -0.381 e. The Bertz CT molecular complexity index is 644. The third-order valence-electron chi connectivity index (χ3n) is 5.06. The molecule has 2 atom stereocenters. The normalized spacial score (nSPS) is 26.5. The predicted molar refractivity (Wildman–Crippen MR) is 83.6 cm³/mol. The Balaban J connectivity index is 1.94. The summed E-state index contributed by atoms with van der Waals surface area (Å²) in [5, 5.41) is 9.28. The van der Waals surface area contributed by atoms with Crippen molar-refractivity contribution in [1.29, 1.82) is 5.26 Å². The fourth-order valence-corrected chi connectivity index (χ4v) is 3.64. The van der Waals surface area contributed by atoms with E-state index < -0.39 is 5.41 Å². The van der Waals surface area contributed by atoms with Crippen molar-refractivity contribution in [3.05, 3.63) is 18.1 Å². The van der Waals surface area contributed by atoms with E-state index in [4.69, 9.17) is 4.74 Å². The van der Waals surface area contributed by atoms with Crippen LogP contribution in [0.15, 0.2) is 12.5 Å². The van der Waals surface area contributed by atoms with E-state index in [-0.39, 0.29) is 11.8 Å². The van der Waals surface area contributed by atoms with Crippen molar-refractivity contribution in [3.63, 3.8) is 0 Å². The summed E-state index contributed by atoms with van der Waals surface area (Å²) in [4.78, 5) is 25.0. The van der Waals surface area contributed by atoms with Gasteiger partial charge in [-0.15, -0.1) is 0 Å². The minimum absolute atomic E-state index is 0.124. The molecule has 7 heteroatoms. The monoisotopic (exact) mass is 315 g/mol. The summed E-state index contributed by atoms with van der Waals surface area (Å²) < 4.78 is 5.62. The SMILES string of the molecule is CCN(C)C(=O)C12CCOCC1CN(c1ncncc1C#N)C2. The molecule has 1 aromatic rings. The molecule has 122 valence electrons. The van der Waals surface area contributed by atoms with E-state index in [0.717, 1.165) is 0 Å². The van der Waals surface area contributed by atoms with E-state index in [2.05, 4.69) is 16.0 Å². The number of fused-ring (bicyclic) bond motifs is 1. The predicted octanol–water partition coefficient (Wildman–Crippen LogP) is 0.669. The lowest BCUT2D eigenvalue weighted by Crippen LogP contribution is -2.51. The fourth-order valence-electron chi connectivity index (χ4n) is 3.64. The number of hydrogen-bond donors (Lipinski definition) is 0. The third-order valence-corrected chi connectivity index (χ3v) is 5.06. The fraction of sp³-hybridized carbons (Fsp3) is 0.625. The molecular weight excluding hydrogens is 294 g/mol. The summed E-state index contributed by atoms with van der Waals surface area (Å²) in [5.41, 5.74) is -0.000699. The number of rotatable bonds is 3. The van der Waals surface area contributed by atoms with Crippen LogP contribution in [0.25, 0.3) is 0 Å². The number of carbonyl (C=O) groups excluding carboxylic acids is 1. The first kappa shape index (κ1) is 15.7. The summed E-state index contributed by atoms with van der Waals surface area (Å²) >= 11 is 0. The summed E-state index contributed by atoms with van der Waals surface area (Å²) in [5.74, 6) is 0.908. The van der Waals surface area contributed by atoms with Crippen LogP contribution in [0, 0.1) is 22.7 Å². The smallest absolute Gasteiger partial charge is 0.230 e. The second-order valence-electron chi connectivity index (χ2n) is 6.25. The molecule has 2 unspecified atom stereocenters. The Morgan fingerprint density at radius 2 is 2.48 bits per heavy atom. The lowest BCUT2D eigenvalue weighted by atomic mass is 9.73. The van der Waals surface area contributed by atoms with Crippen LogP contribution in [0.4, 0.5) is 5.82 Å². The Kier molecular flexibility index (Phi) is 4.18. The van der Waals surface area contributed by atoms with Gasteiger partial charge in [-0.1, -0.05) is 0 Å².